The van der Waals surface area contributed by atoms with Crippen molar-refractivity contribution in [3.8, 4) is 0 Å². The van der Waals surface area contributed by atoms with Crippen molar-refractivity contribution >= 4 is 51.5 Å². The standard InChI is InChI=1S/C24H23ClIN3O/c25-22-7-3-1-5-18(22)17-28-13-15-29(16-14-28)20-11-9-19(10-12-20)27-24(30)21-6-2-4-8-23(21)26/h1-12H,13-17H2,(H,27,30). The second kappa shape index (κ2) is 9.81. The summed E-state index contributed by atoms with van der Waals surface area (Å²) in [5.41, 5.74) is 3.86. The van der Waals surface area contributed by atoms with E-state index in [4.69, 9.17) is 11.6 Å². The van der Waals surface area contributed by atoms with E-state index >= 15 is 0 Å². The highest BCUT2D eigenvalue weighted by Crippen LogP contribution is 2.22. The van der Waals surface area contributed by atoms with E-state index in [2.05, 4.69) is 55.9 Å². The van der Waals surface area contributed by atoms with Gasteiger partial charge in [-0.15, -0.1) is 0 Å². The van der Waals surface area contributed by atoms with Gasteiger partial charge in [0.2, 0.25) is 0 Å². The van der Waals surface area contributed by atoms with Crippen LogP contribution in [0.1, 0.15) is 15.9 Å². The molecule has 0 spiro atoms. The molecule has 0 unspecified atom stereocenters. The van der Waals surface area contributed by atoms with Crippen molar-refractivity contribution in [1.29, 1.82) is 0 Å². The minimum atomic E-state index is -0.0825. The van der Waals surface area contributed by atoms with Crippen LogP contribution >= 0.6 is 34.2 Å². The summed E-state index contributed by atoms with van der Waals surface area (Å²) in [5, 5.41) is 3.82. The van der Waals surface area contributed by atoms with Crippen LogP contribution in [0.5, 0.6) is 0 Å². The molecule has 0 aromatic heterocycles. The van der Waals surface area contributed by atoms with Crippen LogP contribution in [0.15, 0.2) is 72.8 Å². The first-order valence-electron chi connectivity index (χ1n) is 9.97. The molecule has 0 saturated carbocycles. The highest BCUT2D eigenvalue weighted by molar-refractivity contribution is 14.1. The van der Waals surface area contributed by atoms with Gasteiger partial charge in [-0.25, -0.2) is 0 Å². The molecule has 1 N–H and O–H groups in total. The number of carbonyl (C=O) groups is 1. The number of nitrogens with one attached hydrogen (secondary N) is 1. The quantitative estimate of drug-likeness (QED) is 0.441. The number of anilines is 2. The smallest absolute Gasteiger partial charge is 0.256 e. The van der Waals surface area contributed by atoms with Gasteiger partial charge >= 0.3 is 0 Å². The predicted octanol–water partition coefficient (Wildman–Crippen LogP) is 5.52. The van der Waals surface area contributed by atoms with Gasteiger partial charge in [-0.1, -0.05) is 41.9 Å². The van der Waals surface area contributed by atoms with Crippen molar-refractivity contribution in [2.24, 2.45) is 0 Å². The van der Waals surface area contributed by atoms with Crippen LogP contribution in [0, 0.1) is 3.57 Å². The Bertz CT molecular complexity index is 1020. The fourth-order valence-corrected chi connectivity index (χ4v) is 4.46. The number of hydrogen-bond acceptors (Lipinski definition) is 3. The SMILES string of the molecule is O=C(Nc1ccc(N2CCN(Cc3ccccc3Cl)CC2)cc1)c1ccccc1I. The molecular weight excluding hydrogens is 509 g/mol. The molecule has 1 amide bonds. The van der Waals surface area contributed by atoms with Crippen molar-refractivity contribution in [3.05, 3.63) is 92.5 Å². The molecule has 3 aromatic carbocycles. The maximum atomic E-state index is 12.5. The molecule has 1 heterocycles. The zero-order valence-corrected chi connectivity index (χ0v) is 19.4. The summed E-state index contributed by atoms with van der Waals surface area (Å²) >= 11 is 8.48. The van der Waals surface area contributed by atoms with E-state index in [1.54, 1.807) is 0 Å². The fourth-order valence-electron chi connectivity index (χ4n) is 3.63. The summed E-state index contributed by atoms with van der Waals surface area (Å²) in [6.45, 7) is 4.82. The summed E-state index contributed by atoms with van der Waals surface area (Å²) in [7, 11) is 0. The van der Waals surface area contributed by atoms with E-state index in [9.17, 15) is 4.79 Å². The van der Waals surface area contributed by atoms with Crippen molar-refractivity contribution in [3.63, 3.8) is 0 Å². The topological polar surface area (TPSA) is 35.6 Å². The number of halogens is 2. The average molecular weight is 532 g/mol. The molecule has 0 aliphatic carbocycles. The molecule has 1 aliphatic rings. The Kier molecular flexibility index (Phi) is 6.92. The highest BCUT2D eigenvalue weighted by Gasteiger charge is 2.18. The van der Waals surface area contributed by atoms with Gasteiger partial charge in [-0.05, 0) is 70.6 Å². The zero-order valence-electron chi connectivity index (χ0n) is 16.5. The van der Waals surface area contributed by atoms with Crippen molar-refractivity contribution in [1.82, 2.24) is 4.90 Å². The summed E-state index contributed by atoms with van der Waals surface area (Å²) in [5.74, 6) is -0.0825. The van der Waals surface area contributed by atoms with Gasteiger partial charge in [0.05, 0.1) is 5.56 Å². The third-order valence-electron chi connectivity index (χ3n) is 5.33. The summed E-state index contributed by atoms with van der Waals surface area (Å²) in [6.07, 6.45) is 0. The molecule has 1 aliphatic heterocycles. The molecule has 30 heavy (non-hydrogen) atoms. The lowest BCUT2D eigenvalue weighted by molar-refractivity contribution is 0.102. The molecule has 3 aromatic rings. The number of benzene rings is 3. The highest BCUT2D eigenvalue weighted by atomic mass is 127. The van der Waals surface area contributed by atoms with Crippen LogP contribution in [-0.4, -0.2) is 37.0 Å². The van der Waals surface area contributed by atoms with E-state index in [1.807, 2.05) is 54.6 Å². The summed E-state index contributed by atoms with van der Waals surface area (Å²) < 4.78 is 0.943. The molecular formula is C24H23ClIN3O. The second-order valence-corrected chi connectivity index (χ2v) is 8.90. The molecule has 6 heteroatoms. The third-order valence-corrected chi connectivity index (χ3v) is 6.64. The number of amides is 1. The van der Waals surface area contributed by atoms with Crippen molar-refractivity contribution < 1.29 is 4.79 Å². The van der Waals surface area contributed by atoms with Gasteiger partial charge < -0.3 is 10.2 Å². The Hall–Kier alpha value is -2.09. The number of rotatable bonds is 5. The lowest BCUT2D eigenvalue weighted by atomic mass is 10.1. The van der Waals surface area contributed by atoms with Crippen LogP contribution in [0.4, 0.5) is 11.4 Å². The summed E-state index contributed by atoms with van der Waals surface area (Å²) in [6, 6.07) is 23.7. The Balaban J connectivity index is 1.32. The van der Waals surface area contributed by atoms with E-state index < -0.39 is 0 Å². The maximum absolute atomic E-state index is 12.5. The van der Waals surface area contributed by atoms with Crippen LogP contribution in [0.3, 0.4) is 0 Å². The minimum absolute atomic E-state index is 0.0825. The fraction of sp³-hybridized carbons (Fsp3) is 0.208. The van der Waals surface area contributed by atoms with Gasteiger partial charge in [0.25, 0.3) is 5.91 Å². The van der Waals surface area contributed by atoms with Crippen LogP contribution in [0.25, 0.3) is 0 Å². The molecule has 0 radical (unpaired) electrons. The molecule has 4 rings (SSSR count). The minimum Gasteiger partial charge on any atom is -0.369 e. The Labute approximate surface area is 196 Å². The largest absolute Gasteiger partial charge is 0.369 e. The van der Waals surface area contributed by atoms with E-state index in [0.29, 0.717) is 5.56 Å². The zero-order chi connectivity index (χ0) is 20.9. The van der Waals surface area contributed by atoms with E-state index in [-0.39, 0.29) is 5.91 Å². The van der Waals surface area contributed by atoms with Crippen molar-refractivity contribution in [2.75, 3.05) is 36.4 Å². The van der Waals surface area contributed by atoms with Crippen LogP contribution in [0.2, 0.25) is 5.02 Å². The first-order valence-corrected chi connectivity index (χ1v) is 11.4. The number of piperazine rings is 1. The molecule has 0 atom stereocenters. The second-order valence-electron chi connectivity index (χ2n) is 7.34. The third kappa shape index (κ3) is 5.14. The summed E-state index contributed by atoms with van der Waals surface area (Å²) in [4.78, 5) is 17.3. The van der Waals surface area contributed by atoms with Crippen LogP contribution < -0.4 is 10.2 Å². The van der Waals surface area contributed by atoms with Gasteiger partial charge in [0, 0.05) is 52.7 Å². The number of carbonyl (C=O) groups excluding carboxylic acids is 1. The van der Waals surface area contributed by atoms with Crippen molar-refractivity contribution in [2.45, 2.75) is 6.54 Å². The van der Waals surface area contributed by atoms with Gasteiger partial charge in [0.1, 0.15) is 0 Å². The Morgan fingerprint density at radius 1 is 0.900 bits per heavy atom. The molecule has 4 nitrogen and oxygen atoms in total. The average Bonchev–Trinajstić information content (AvgIpc) is 2.77. The monoisotopic (exact) mass is 531 g/mol. The first kappa shape index (κ1) is 21.2. The lowest BCUT2D eigenvalue weighted by Gasteiger charge is -2.36. The normalized spacial score (nSPS) is 14.5. The van der Waals surface area contributed by atoms with Gasteiger partial charge in [-0.3, -0.25) is 9.69 Å². The molecule has 1 saturated heterocycles. The molecule has 0 bridgehead atoms. The Morgan fingerprint density at radius 2 is 1.57 bits per heavy atom. The van der Waals surface area contributed by atoms with E-state index in [1.165, 1.54) is 11.3 Å². The number of hydrogen-bond donors (Lipinski definition) is 1. The predicted molar refractivity (Wildman–Crippen MR) is 132 cm³/mol. The van der Waals surface area contributed by atoms with Gasteiger partial charge in [0.15, 0.2) is 0 Å². The van der Waals surface area contributed by atoms with E-state index in [0.717, 1.165) is 47.0 Å². The molecule has 1 fully saturated rings. The van der Waals surface area contributed by atoms with Gasteiger partial charge in [-0.2, -0.15) is 0 Å². The number of nitrogens with zero attached hydrogens (tertiary/aromatic N) is 2. The lowest BCUT2D eigenvalue weighted by Crippen LogP contribution is -2.46. The Morgan fingerprint density at radius 3 is 2.27 bits per heavy atom. The molecule has 154 valence electrons. The first-order chi connectivity index (χ1) is 14.6. The maximum Gasteiger partial charge on any atom is 0.256 e. The van der Waals surface area contributed by atoms with Crippen LogP contribution in [-0.2, 0) is 6.54 Å².